The summed E-state index contributed by atoms with van der Waals surface area (Å²) in [7, 11) is 0. The van der Waals surface area contributed by atoms with Crippen molar-refractivity contribution in [1.29, 1.82) is 0 Å². The normalized spacial score (nSPS) is 17.9. The van der Waals surface area contributed by atoms with Gasteiger partial charge in [-0.1, -0.05) is 6.92 Å². The second kappa shape index (κ2) is 6.08. The smallest absolute Gasteiger partial charge is 0.261 e. The van der Waals surface area contributed by atoms with Crippen molar-refractivity contribution < 1.29 is 9.90 Å². The van der Waals surface area contributed by atoms with Crippen LogP contribution in [0.15, 0.2) is 6.07 Å². The molecule has 0 saturated carbocycles. The maximum absolute atomic E-state index is 12.1. The molecule has 0 fully saturated rings. The van der Waals surface area contributed by atoms with E-state index >= 15 is 0 Å². The van der Waals surface area contributed by atoms with Crippen LogP contribution in [-0.4, -0.2) is 29.4 Å². The van der Waals surface area contributed by atoms with Crippen molar-refractivity contribution in [3.8, 4) is 0 Å². The van der Waals surface area contributed by atoms with E-state index in [4.69, 9.17) is 5.11 Å². The molecule has 2 unspecified atom stereocenters. The number of hydrogen-bond donors (Lipinski definition) is 2. The van der Waals surface area contributed by atoms with Crippen molar-refractivity contribution in [2.75, 3.05) is 12.4 Å². The molecule has 2 N–H and O–H groups in total. The van der Waals surface area contributed by atoms with Crippen molar-refractivity contribution >= 4 is 29.0 Å². The number of aliphatic hydroxyl groups excluding tert-OH is 1. The molecular weight excluding hydrogens is 266 g/mol. The summed E-state index contributed by atoms with van der Waals surface area (Å²) < 4.78 is 0. The summed E-state index contributed by atoms with van der Waals surface area (Å²) in [6.45, 7) is 3.96. The summed E-state index contributed by atoms with van der Waals surface area (Å²) in [5.41, 5.74) is 1.32. The highest BCUT2D eigenvalue weighted by molar-refractivity contribution is 7.98. The number of hydrogen-bond acceptors (Lipinski definition) is 4. The lowest BCUT2D eigenvalue weighted by Gasteiger charge is -2.18. The first-order valence-electron chi connectivity index (χ1n) is 6.23. The number of aliphatic hydroxyl groups is 1. The van der Waals surface area contributed by atoms with Crippen LogP contribution in [0.5, 0.6) is 0 Å². The molecule has 0 bridgehead atoms. The maximum Gasteiger partial charge on any atom is 0.261 e. The summed E-state index contributed by atoms with van der Waals surface area (Å²) in [6, 6.07) is 2.02. The van der Waals surface area contributed by atoms with Crippen LogP contribution in [0.2, 0.25) is 0 Å². The van der Waals surface area contributed by atoms with Gasteiger partial charge in [0.05, 0.1) is 4.88 Å². The number of thiophene rings is 1. The van der Waals surface area contributed by atoms with Gasteiger partial charge < -0.3 is 10.4 Å². The van der Waals surface area contributed by atoms with Crippen LogP contribution < -0.4 is 5.32 Å². The summed E-state index contributed by atoms with van der Waals surface area (Å²) in [5.74, 6) is 2.26. The first-order valence-corrected chi connectivity index (χ1v) is 8.20. The van der Waals surface area contributed by atoms with E-state index in [1.54, 1.807) is 11.3 Å². The molecule has 1 aliphatic heterocycles. The molecule has 0 radical (unpaired) electrons. The molecule has 2 rings (SSSR count). The Bertz CT molecular complexity index is 407. The second-order valence-corrected chi connectivity index (χ2v) is 7.03. The number of carbonyl (C=O) groups is 1. The molecule has 5 heteroatoms. The number of fused-ring (bicyclic) bond motifs is 1. The summed E-state index contributed by atoms with van der Waals surface area (Å²) >= 11 is 3.54. The fourth-order valence-electron chi connectivity index (χ4n) is 1.84. The number of rotatable bonds is 4. The highest BCUT2D eigenvalue weighted by Crippen LogP contribution is 2.31. The predicted octanol–water partition coefficient (Wildman–Crippen LogP) is 2.28. The third kappa shape index (κ3) is 3.08. The zero-order valence-corrected chi connectivity index (χ0v) is 12.4. The third-order valence-corrected chi connectivity index (χ3v) is 5.60. The molecular formula is C13H19NO2S2. The molecule has 2 atom stereocenters. The van der Waals surface area contributed by atoms with Crippen molar-refractivity contribution in [3.63, 3.8) is 0 Å². The monoisotopic (exact) mass is 285 g/mol. The van der Waals surface area contributed by atoms with Gasteiger partial charge in [0.25, 0.3) is 5.91 Å². The van der Waals surface area contributed by atoms with Gasteiger partial charge in [-0.05, 0) is 36.6 Å². The summed E-state index contributed by atoms with van der Waals surface area (Å²) in [5, 5.41) is 12.0. The number of nitrogens with one attached hydrogen (secondary N) is 1. The van der Waals surface area contributed by atoms with Gasteiger partial charge in [0.2, 0.25) is 0 Å². The van der Waals surface area contributed by atoms with Crippen molar-refractivity contribution in [3.05, 3.63) is 21.4 Å². The van der Waals surface area contributed by atoms with E-state index in [9.17, 15) is 4.79 Å². The molecule has 0 spiro atoms. The topological polar surface area (TPSA) is 49.3 Å². The van der Waals surface area contributed by atoms with Gasteiger partial charge in [-0.15, -0.1) is 11.3 Å². The maximum atomic E-state index is 12.1. The number of aryl methyl sites for hydroxylation is 1. The van der Waals surface area contributed by atoms with Crippen molar-refractivity contribution in [2.24, 2.45) is 5.92 Å². The van der Waals surface area contributed by atoms with E-state index < -0.39 is 0 Å². The second-order valence-electron chi connectivity index (χ2n) is 4.78. The molecule has 0 aliphatic carbocycles. The first-order chi connectivity index (χ1) is 8.61. The zero-order chi connectivity index (χ0) is 13.1. The van der Waals surface area contributed by atoms with Gasteiger partial charge in [0.15, 0.2) is 0 Å². The fraction of sp³-hybridized carbons (Fsp3) is 0.615. The zero-order valence-electron chi connectivity index (χ0n) is 10.7. The Hall–Kier alpha value is -0.520. The summed E-state index contributed by atoms with van der Waals surface area (Å²) in [6.07, 6.45) is 1.08. The SMILES string of the molecule is CC(CO)C(C)NC(=O)c1cc2c(s1)CCSC2. The highest BCUT2D eigenvalue weighted by atomic mass is 32.2. The molecule has 1 aromatic heterocycles. The molecule has 1 aliphatic rings. The van der Waals surface area contributed by atoms with E-state index in [0.717, 1.165) is 22.8 Å². The lowest BCUT2D eigenvalue weighted by Crippen LogP contribution is -2.38. The van der Waals surface area contributed by atoms with E-state index in [1.807, 2.05) is 31.7 Å². The lowest BCUT2D eigenvalue weighted by molar-refractivity contribution is 0.0920. The van der Waals surface area contributed by atoms with Gasteiger partial charge in [-0.3, -0.25) is 4.79 Å². The molecule has 0 saturated heterocycles. The van der Waals surface area contributed by atoms with Gasteiger partial charge >= 0.3 is 0 Å². The van der Waals surface area contributed by atoms with E-state index in [2.05, 4.69) is 5.32 Å². The largest absolute Gasteiger partial charge is 0.396 e. The minimum absolute atomic E-state index is 0.00370. The molecule has 2 heterocycles. The van der Waals surface area contributed by atoms with Gasteiger partial charge in [-0.2, -0.15) is 11.8 Å². The van der Waals surface area contributed by atoms with E-state index in [1.165, 1.54) is 10.4 Å². The average molecular weight is 285 g/mol. The first kappa shape index (κ1) is 13.9. The Morgan fingerprint density at radius 2 is 2.33 bits per heavy atom. The molecule has 100 valence electrons. The Morgan fingerprint density at radius 3 is 3.00 bits per heavy atom. The minimum Gasteiger partial charge on any atom is -0.396 e. The predicted molar refractivity (Wildman–Crippen MR) is 77.4 cm³/mol. The van der Waals surface area contributed by atoms with E-state index in [0.29, 0.717) is 0 Å². The average Bonchev–Trinajstić information content (AvgIpc) is 2.81. The fourth-order valence-corrected chi connectivity index (χ4v) is 4.11. The standard InChI is InChI=1S/C13H19NO2S2/c1-8(6-15)9(2)14-13(16)12-5-10-7-17-4-3-11(10)18-12/h5,8-9,15H,3-4,6-7H2,1-2H3,(H,14,16). The quantitative estimate of drug-likeness (QED) is 0.892. The third-order valence-electron chi connectivity index (χ3n) is 3.35. The van der Waals surface area contributed by atoms with Crippen LogP contribution in [0, 0.1) is 5.92 Å². The molecule has 3 nitrogen and oxygen atoms in total. The molecule has 1 aromatic rings. The lowest BCUT2D eigenvalue weighted by atomic mass is 10.1. The van der Waals surface area contributed by atoms with Crippen LogP contribution >= 0.6 is 23.1 Å². The Morgan fingerprint density at radius 1 is 1.56 bits per heavy atom. The van der Waals surface area contributed by atoms with Crippen LogP contribution in [-0.2, 0) is 12.2 Å². The Kier molecular flexibility index (Phi) is 4.70. The highest BCUT2D eigenvalue weighted by Gasteiger charge is 2.20. The van der Waals surface area contributed by atoms with Gasteiger partial charge in [0.1, 0.15) is 0 Å². The van der Waals surface area contributed by atoms with Crippen LogP contribution in [0.4, 0.5) is 0 Å². The van der Waals surface area contributed by atoms with Gasteiger partial charge in [0, 0.05) is 23.3 Å². The van der Waals surface area contributed by atoms with Crippen LogP contribution in [0.3, 0.4) is 0 Å². The molecule has 18 heavy (non-hydrogen) atoms. The number of carbonyl (C=O) groups excluding carboxylic acids is 1. The number of amides is 1. The number of thioether (sulfide) groups is 1. The van der Waals surface area contributed by atoms with Crippen LogP contribution in [0.1, 0.15) is 34.0 Å². The van der Waals surface area contributed by atoms with Crippen molar-refractivity contribution in [2.45, 2.75) is 32.1 Å². The van der Waals surface area contributed by atoms with Gasteiger partial charge in [-0.25, -0.2) is 0 Å². The minimum atomic E-state index is -0.00722. The Balaban J connectivity index is 2.03. The Labute approximate surface area is 116 Å². The molecule has 1 amide bonds. The molecule has 0 aromatic carbocycles. The van der Waals surface area contributed by atoms with E-state index in [-0.39, 0.29) is 24.5 Å². The van der Waals surface area contributed by atoms with Crippen molar-refractivity contribution in [1.82, 2.24) is 5.32 Å². The summed E-state index contributed by atoms with van der Waals surface area (Å²) in [4.78, 5) is 14.3. The van der Waals surface area contributed by atoms with Crippen LogP contribution in [0.25, 0.3) is 0 Å².